The van der Waals surface area contributed by atoms with Gasteiger partial charge in [0, 0.05) is 13.5 Å². The fourth-order valence-electron chi connectivity index (χ4n) is 1.55. The molecule has 1 aliphatic rings. The zero-order valence-electron chi connectivity index (χ0n) is 7.71. The Morgan fingerprint density at radius 2 is 2.08 bits per heavy atom. The number of ether oxygens (including phenoxy) is 2. The minimum Gasteiger partial charge on any atom is -0.460 e. The zero-order valence-corrected chi connectivity index (χ0v) is 7.71. The minimum absolute atomic E-state index is 0.00227. The number of esters is 1. The van der Waals surface area contributed by atoms with E-state index in [1.54, 1.807) is 14.0 Å². The highest BCUT2D eigenvalue weighted by Gasteiger charge is 2.29. The summed E-state index contributed by atoms with van der Waals surface area (Å²) < 4.78 is 10.4. The number of carbonyl (C=O) groups is 1. The molecule has 0 saturated heterocycles. The van der Waals surface area contributed by atoms with Gasteiger partial charge in [-0.2, -0.15) is 0 Å². The van der Waals surface area contributed by atoms with Crippen LogP contribution in [0.1, 0.15) is 32.6 Å². The Morgan fingerprint density at radius 1 is 1.42 bits per heavy atom. The van der Waals surface area contributed by atoms with Gasteiger partial charge in [0.05, 0.1) is 6.10 Å². The maximum atomic E-state index is 11.0. The second kappa shape index (κ2) is 4.45. The summed E-state index contributed by atoms with van der Waals surface area (Å²) in [6.07, 6.45) is 3.64. The predicted octanol–water partition coefficient (Wildman–Crippen LogP) is 1.51. The van der Waals surface area contributed by atoms with Crippen LogP contribution in [0.2, 0.25) is 0 Å². The van der Waals surface area contributed by atoms with Crippen molar-refractivity contribution in [1.29, 1.82) is 0 Å². The van der Waals surface area contributed by atoms with Crippen molar-refractivity contribution in [3.8, 4) is 0 Å². The van der Waals surface area contributed by atoms with E-state index in [9.17, 15) is 4.79 Å². The lowest BCUT2D eigenvalue weighted by molar-refractivity contribution is -0.153. The van der Waals surface area contributed by atoms with Crippen LogP contribution in [-0.4, -0.2) is 25.3 Å². The molecular weight excluding hydrogens is 156 g/mol. The summed E-state index contributed by atoms with van der Waals surface area (Å²) in [7, 11) is 1.67. The van der Waals surface area contributed by atoms with E-state index in [1.807, 2.05) is 0 Å². The van der Waals surface area contributed by atoms with Crippen LogP contribution in [0.25, 0.3) is 0 Å². The van der Waals surface area contributed by atoms with Gasteiger partial charge in [-0.15, -0.1) is 0 Å². The number of carbonyl (C=O) groups excluding carboxylic acids is 1. The summed E-state index contributed by atoms with van der Waals surface area (Å²) in [5, 5.41) is 0. The summed E-state index contributed by atoms with van der Waals surface area (Å²) >= 11 is 0. The first-order valence-electron chi connectivity index (χ1n) is 4.50. The highest BCUT2D eigenvalue weighted by Crippen LogP contribution is 2.24. The third kappa shape index (κ3) is 2.21. The Kier molecular flexibility index (Phi) is 3.53. The maximum Gasteiger partial charge on any atom is 0.305 e. The van der Waals surface area contributed by atoms with Gasteiger partial charge in [0.25, 0.3) is 0 Å². The molecule has 0 aromatic carbocycles. The molecule has 3 nitrogen and oxygen atoms in total. The minimum atomic E-state index is -0.121. The van der Waals surface area contributed by atoms with Crippen molar-refractivity contribution in [3.05, 3.63) is 0 Å². The number of methoxy groups -OCH3 is 1. The van der Waals surface area contributed by atoms with Crippen LogP contribution in [0.15, 0.2) is 0 Å². The molecule has 0 aromatic rings. The Hall–Kier alpha value is -0.570. The molecule has 3 heteroatoms. The van der Waals surface area contributed by atoms with Crippen molar-refractivity contribution in [2.24, 2.45) is 0 Å². The highest BCUT2D eigenvalue weighted by molar-refractivity contribution is 5.69. The van der Waals surface area contributed by atoms with Crippen molar-refractivity contribution in [2.75, 3.05) is 7.11 Å². The van der Waals surface area contributed by atoms with Crippen LogP contribution in [-0.2, 0) is 14.3 Å². The third-order valence-corrected chi connectivity index (χ3v) is 2.27. The van der Waals surface area contributed by atoms with Crippen molar-refractivity contribution >= 4 is 5.97 Å². The Balaban J connectivity index is 2.35. The second-order valence-corrected chi connectivity index (χ2v) is 3.09. The molecule has 12 heavy (non-hydrogen) atoms. The average Bonchev–Trinajstić information content (AvgIpc) is 2.51. The van der Waals surface area contributed by atoms with Crippen LogP contribution < -0.4 is 0 Å². The summed E-state index contributed by atoms with van der Waals surface area (Å²) in [6, 6.07) is 0. The van der Waals surface area contributed by atoms with Crippen molar-refractivity contribution < 1.29 is 14.3 Å². The van der Waals surface area contributed by atoms with Crippen molar-refractivity contribution in [1.82, 2.24) is 0 Å². The largest absolute Gasteiger partial charge is 0.460 e. The molecule has 2 atom stereocenters. The fourth-order valence-corrected chi connectivity index (χ4v) is 1.55. The van der Waals surface area contributed by atoms with Gasteiger partial charge in [0.15, 0.2) is 0 Å². The maximum absolute atomic E-state index is 11.0. The lowest BCUT2D eigenvalue weighted by atomic mass is 10.2. The molecule has 0 N–H and O–H groups in total. The van der Waals surface area contributed by atoms with E-state index >= 15 is 0 Å². The molecular formula is C9H16O3. The van der Waals surface area contributed by atoms with Gasteiger partial charge in [-0.05, 0) is 19.3 Å². The predicted molar refractivity (Wildman–Crippen MR) is 44.8 cm³/mol. The molecule has 1 rings (SSSR count). The van der Waals surface area contributed by atoms with Gasteiger partial charge in [0.1, 0.15) is 6.10 Å². The number of hydrogen-bond donors (Lipinski definition) is 0. The Bertz CT molecular complexity index is 156. The summed E-state index contributed by atoms with van der Waals surface area (Å²) in [4.78, 5) is 11.0. The van der Waals surface area contributed by atoms with Gasteiger partial charge in [-0.3, -0.25) is 4.79 Å². The lowest BCUT2D eigenvalue weighted by Crippen LogP contribution is -2.27. The molecule has 70 valence electrons. The number of rotatable bonds is 3. The first-order chi connectivity index (χ1) is 5.77. The molecule has 0 bridgehead atoms. The highest BCUT2D eigenvalue weighted by atomic mass is 16.6. The van der Waals surface area contributed by atoms with Gasteiger partial charge in [-0.25, -0.2) is 0 Å². The Labute approximate surface area is 73.0 Å². The second-order valence-electron chi connectivity index (χ2n) is 3.09. The normalized spacial score (nSPS) is 28.8. The molecule has 0 aliphatic heterocycles. The molecule has 1 aliphatic carbocycles. The van der Waals surface area contributed by atoms with E-state index in [2.05, 4.69) is 0 Å². The van der Waals surface area contributed by atoms with Gasteiger partial charge in [-0.1, -0.05) is 6.92 Å². The standard InChI is InChI=1S/C9H16O3/c1-3-9(10)12-8-6-4-5-7(8)11-2/h7-8H,3-6H2,1-2H3. The zero-order chi connectivity index (χ0) is 8.97. The topological polar surface area (TPSA) is 35.5 Å². The summed E-state index contributed by atoms with van der Waals surface area (Å²) in [5.74, 6) is -0.121. The van der Waals surface area contributed by atoms with Crippen molar-refractivity contribution in [2.45, 2.75) is 44.8 Å². The quantitative estimate of drug-likeness (QED) is 0.605. The fraction of sp³-hybridized carbons (Fsp3) is 0.889. The first-order valence-corrected chi connectivity index (χ1v) is 4.50. The molecule has 0 heterocycles. The molecule has 2 unspecified atom stereocenters. The third-order valence-electron chi connectivity index (χ3n) is 2.27. The van der Waals surface area contributed by atoms with Gasteiger partial charge >= 0.3 is 5.97 Å². The lowest BCUT2D eigenvalue weighted by Gasteiger charge is -2.18. The smallest absolute Gasteiger partial charge is 0.305 e. The van der Waals surface area contributed by atoms with Crippen LogP contribution >= 0.6 is 0 Å². The molecule has 0 amide bonds. The molecule has 0 spiro atoms. The van der Waals surface area contributed by atoms with Crippen LogP contribution in [0.4, 0.5) is 0 Å². The molecule has 1 fully saturated rings. The molecule has 1 saturated carbocycles. The van der Waals surface area contributed by atoms with Gasteiger partial charge in [0.2, 0.25) is 0 Å². The van der Waals surface area contributed by atoms with Crippen LogP contribution in [0.5, 0.6) is 0 Å². The van der Waals surface area contributed by atoms with Gasteiger partial charge < -0.3 is 9.47 Å². The first kappa shape index (κ1) is 9.52. The number of hydrogen-bond acceptors (Lipinski definition) is 3. The van der Waals surface area contributed by atoms with E-state index in [-0.39, 0.29) is 18.2 Å². The average molecular weight is 172 g/mol. The van der Waals surface area contributed by atoms with Crippen LogP contribution in [0, 0.1) is 0 Å². The molecule has 0 aromatic heterocycles. The van der Waals surface area contributed by atoms with Crippen LogP contribution in [0.3, 0.4) is 0 Å². The van der Waals surface area contributed by atoms with Crippen molar-refractivity contribution in [3.63, 3.8) is 0 Å². The summed E-state index contributed by atoms with van der Waals surface area (Å²) in [6.45, 7) is 1.80. The summed E-state index contributed by atoms with van der Waals surface area (Å²) in [5.41, 5.74) is 0. The van der Waals surface area contributed by atoms with E-state index in [1.165, 1.54) is 0 Å². The SMILES string of the molecule is CCC(=O)OC1CCCC1OC. The van der Waals surface area contributed by atoms with E-state index < -0.39 is 0 Å². The Morgan fingerprint density at radius 3 is 2.67 bits per heavy atom. The van der Waals surface area contributed by atoms with E-state index in [0.717, 1.165) is 19.3 Å². The van der Waals surface area contributed by atoms with E-state index in [0.29, 0.717) is 6.42 Å². The molecule has 0 radical (unpaired) electrons. The monoisotopic (exact) mass is 172 g/mol. The van der Waals surface area contributed by atoms with E-state index in [4.69, 9.17) is 9.47 Å².